The van der Waals surface area contributed by atoms with Crippen LogP contribution in [0.2, 0.25) is 0 Å². The molecule has 0 saturated heterocycles. The van der Waals surface area contributed by atoms with Gasteiger partial charge in [0.15, 0.2) is 5.65 Å². The molecule has 0 saturated carbocycles. The van der Waals surface area contributed by atoms with Crippen LogP contribution < -0.4 is 4.90 Å². The molecule has 0 N–H and O–H groups in total. The standard InChI is InChI=1S/C11H12ClF3N4/c1-8-4-9-16-7-17-19(9)10(5-8)18(3-2-12)6-11(13,14)15/h4-5,7H,2-3,6H2,1H3. The minimum atomic E-state index is -4.30. The summed E-state index contributed by atoms with van der Waals surface area (Å²) in [4.78, 5) is 5.14. The highest BCUT2D eigenvalue weighted by Crippen LogP contribution is 2.23. The first-order valence-corrected chi connectivity index (χ1v) is 6.12. The van der Waals surface area contributed by atoms with E-state index >= 15 is 0 Å². The molecular weight excluding hydrogens is 281 g/mol. The van der Waals surface area contributed by atoms with Crippen molar-refractivity contribution in [1.82, 2.24) is 14.6 Å². The van der Waals surface area contributed by atoms with Crippen LogP contribution in [0.25, 0.3) is 5.65 Å². The predicted octanol–water partition coefficient (Wildman–Crippen LogP) is 2.65. The summed E-state index contributed by atoms with van der Waals surface area (Å²) in [5.41, 5.74) is 1.33. The summed E-state index contributed by atoms with van der Waals surface area (Å²) in [7, 11) is 0. The van der Waals surface area contributed by atoms with Crippen LogP contribution in [0.5, 0.6) is 0 Å². The van der Waals surface area contributed by atoms with E-state index in [1.165, 1.54) is 10.8 Å². The van der Waals surface area contributed by atoms with Gasteiger partial charge in [-0.05, 0) is 24.6 Å². The third-order valence-corrected chi connectivity index (χ3v) is 2.72. The van der Waals surface area contributed by atoms with E-state index in [4.69, 9.17) is 11.6 Å². The average Bonchev–Trinajstić information content (AvgIpc) is 2.73. The van der Waals surface area contributed by atoms with Crippen molar-refractivity contribution < 1.29 is 13.2 Å². The van der Waals surface area contributed by atoms with Gasteiger partial charge in [0.1, 0.15) is 18.7 Å². The number of fused-ring (bicyclic) bond motifs is 1. The summed E-state index contributed by atoms with van der Waals surface area (Å²) in [5, 5.41) is 3.95. The molecule has 2 heterocycles. The van der Waals surface area contributed by atoms with Crippen molar-refractivity contribution in [1.29, 1.82) is 0 Å². The van der Waals surface area contributed by atoms with Gasteiger partial charge in [-0.15, -0.1) is 11.6 Å². The van der Waals surface area contributed by atoms with Gasteiger partial charge in [-0.1, -0.05) is 0 Å². The molecule has 8 heteroatoms. The molecule has 0 fully saturated rings. The third-order valence-electron chi connectivity index (χ3n) is 2.55. The van der Waals surface area contributed by atoms with Crippen molar-refractivity contribution in [3.8, 4) is 0 Å². The maximum Gasteiger partial charge on any atom is 0.405 e. The van der Waals surface area contributed by atoms with Crippen LogP contribution >= 0.6 is 11.6 Å². The van der Waals surface area contributed by atoms with Crippen LogP contribution in [0.1, 0.15) is 5.56 Å². The van der Waals surface area contributed by atoms with E-state index in [0.717, 1.165) is 10.5 Å². The molecule has 2 aromatic rings. The second kappa shape index (κ2) is 5.24. The summed E-state index contributed by atoms with van der Waals surface area (Å²) >= 11 is 5.59. The molecular formula is C11H12ClF3N4. The van der Waals surface area contributed by atoms with Gasteiger partial charge < -0.3 is 4.90 Å². The number of anilines is 1. The number of alkyl halides is 4. The number of halogens is 4. The van der Waals surface area contributed by atoms with E-state index in [-0.39, 0.29) is 12.4 Å². The van der Waals surface area contributed by atoms with E-state index in [1.54, 1.807) is 19.1 Å². The van der Waals surface area contributed by atoms with Gasteiger partial charge in [0.05, 0.1) is 0 Å². The minimum absolute atomic E-state index is 0.0828. The molecule has 4 nitrogen and oxygen atoms in total. The Bertz CT molecular complexity index is 567. The lowest BCUT2D eigenvalue weighted by Crippen LogP contribution is -2.37. The fraction of sp³-hybridized carbons (Fsp3) is 0.455. The molecule has 19 heavy (non-hydrogen) atoms. The van der Waals surface area contributed by atoms with Crippen LogP contribution in [-0.4, -0.2) is 39.7 Å². The number of aromatic nitrogens is 3. The van der Waals surface area contributed by atoms with Crippen LogP contribution in [0.3, 0.4) is 0 Å². The average molecular weight is 293 g/mol. The van der Waals surface area contributed by atoms with Gasteiger partial charge in [0.25, 0.3) is 0 Å². The Morgan fingerprint density at radius 2 is 2.11 bits per heavy atom. The molecule has 104 valence electrons. The zero-order valence-corrected chi connectivity index (χ0v) is 10.9. The second-order valence-electron chi connectivity index (χ2n) is 4.15. The highest BCUT2D eigenvalue weighted by Gasteiger charge is 2.31. The Morgan fingerprint density at radius 1 is 1.37 bits per heavy atom. The molecule has 0 aliphatic rings. The maximum atomic E-state index is 12.6. The van der Waals surface area contributed by atoms with Crippen molar-refractivity contribution in [3.05, 3.63) is 24.0 Å². The first-order valence-electron chi connectivity index (χ1n) is 5.59. The normalized spacial score (nSPS) is 12.1. The summed E-state index contributed by atoms with van der Waals surface area (Å²) < 4.78 is 39.2. The number of nitrogens with zero attached hydrogens (tertiary/aromatic N) is 4. The fourth-order valence-corrected chi connectivity index (χ4v) is 2.06. The topological polar surface area (TPSA) is 33.4 Å². The van der Waals surface area contributed by atoms with Gasteiger partial charge in [0, 0.05) is 12.4 Å². The van der Waals surface area contributed by atoms with E-state index in [9.17, 15) is 13.2 Å². The zero-order chi connectivity index (χ0) is 14.0. The van der Waals surface area contributed by atoms with Crippen LogP contribution in [0.15, 0.2) is 18.5 Å². The smallest absolute Gasteiger partial charge is 0.346 e. The predicted molar refractivity (Wildman–Crippen MR) is 66.7 cm³/mol. The van der Waals surface area contributed by atoms with Gasteiger partial charge in [-0.25, -0.2) is 4.98 Å². The van der Waals surface area contributed by atoms with E-state index in [2.05, 4.69) is 10.1 Å². The lowest BCUT2D eigenvalue weighted by atomic mass is 10.2. The van der Waals surface area contributed by atoms with Crippen molar-refractivity contribution in [2.24, 2.45) is 0 Å². The SMILES string of the molecule is Cc1cc(N(CCCl)CC(F)(F)F)n2ncnc2c1. The monoisotopic (exact) mass is 292 g/mol. The van der Waals surface area contributed by atoms with Gasteiger partial charge in [0.2, 0.25) is 0 Å². The third kappa shape index (κ3) is 3.28. The van der Waals surface area contributed by atoms with Crippen molar-refractivity contribution >= 4 is 23.1 Å². The number of rotatable bonds is 4. The molecule has 0 radical (unpaired) electrons. The van der Waals surface area contributed by atoms with Gasteiger partial charge in [-0.2, -0.15) is 22.8 Å². The fourth-order valence-electron chi connectivity index (χ4n) is 1.85. The summed E-state index contributed by atoms with van der Waals surface area (Å²) in [6.07, 6.45) is -2.99. The van der Waals surface area contributed by atoms with Crippen molar-refractivity contribution in [3.63, 3.8) is 0 Å². The van der Waals surface area contributed by atoms with Gasteiger partial charge >= 0.3 is 6.18 Å². The Balaban J connectivity index is 2.45. The quantitative estimate of drug-likeness (QED) is 0.812. The summed E-state index contributed by atoms with van der Waals surface area (Å²) in [6, 6.07) is 3.39. The maximum absolute atomic E-state index is 12.6. The Morgan fingerprint density at radius 3 is 2.74 bits per heavy atom. The van der Waals surface area contributed by atoms with Crippen LogP contribution in [-0.2, 0) is 0 Å². The molecule has 0 amide bonds. The summed E-state index contributed by atoms with van der Waals surface area (Å²) in [6.45, 7) is 0.808. The number of pyridine rings is 1. The van der Waals surface area contributed by atoms with Crippen LogP contribution in [0.4, 0.5) is 19.0 Å². The number of hydrogen-bond acceptors (Lipinski definition) is 3. The molecule has 2 rings (SSSR count). The molecule has 0 unspecified atom stereocenters. The second-order valence-corrected chi connectivity index (χ2v) is 4.52. The van der Waals surface area contributed by atoms with E-state index in [1.807, 2.05) is 0 Å². The molecule has 2 aromatic heterocycles. The van der Waals surface area contributed by atoms with Crippen molar-refractivity contribution in [2.45, 2.75) is 13.1 Å². The first-order chi connectivity index (χ1) is 8.90. The summed E-state index contributed by atoms with van der Waals surface area (Å²) in [5.74, 6) is 0.436. The molecule has 0 aromatic carbocycles. The number of aryl methyl sites for hydroxylation is 1. The lowest BCUT2D eigenvalue weighted by Gasteiger charge is -2.25. The molecule has 0 spiro atoms. The van der Waals surface area contributed by atoms with E-state index < -0.39 is 12.7 Å². The highest BCUT2D eigenvalue weighted by molar-refractivity contribution is 6.18. The molecule has 0 bridgehead atoms. The minimum Gasteiger partial charge on any atom is -0.346 e. The Hall–Kier alpha value is -1.50. The largest absolute Gasteiger partial charge is 0.405 e. The highest BCUT2D eigenvalue weighted by atomic mass is 35.5. The van der Waals surface area contributed by atoms with Crippen molar-refractivity contribution in [2.75, 3.05) is 23.9 Å². The first kappa shape index (κ1) is 13.9. The Kier molecular flexibility index (Phi) is 3.84. The Labute approximate surface area is 112 Å². The van der Waals surface area contributed by atoms with Gasteiger partial charge in [-0.3, -0.25) is 0 Å². The molecule has 0 atom stereocenters. The zero-order valence-electron chi connectivity index (χ0n) is 10.2. The van der Waals surface area contributed by atoms with Crippen LogP contribution in [0, 0.1) is 6.92 Å². The molecule has 0 aliphatic carbocycles. The lowest BCUT2D eigenvalue weighted by molar-refractivity contribution is -0.119. The number of hydrogen-bond donors (Lipinski definition) is 0. The molecule has 0 aliphatic heterocycles. The van der Waals surface area contributed by atoms with E-state index in [0.29, 0.717) is 11.5 Å².